The lowest BCUT2D eigenvalue weighted by atomic mass is 9.66. The van der Waals surface area contributed by atoms with Crippen LogP contribution >= 0.6 is 0 Å². The fraction of sp³-hybridized carbons (Fsp3) is 0.440. The third-order valence-electron chi connectivity index (χ3n) is 6.57. The van der Waals surface area contributed by atoms with E-state index in [9.17, 15) is 9.59 Å². The molecule has 34 heavy (non-hydrogen) atoms. The number of fused-ring (bicyclic) bond motifs is 2. The van der Waals surface area contributed by atoms with Gasteiger partial charge in [0.15, 0.2) is 6.17 Å². The van der Waals surface area contributed by atoms with Gasteiger partial charge in [0, 0.05) is 30.3 Å². The summed E-state index contributed by atoms with van der Waals surface area (Å²) in [5.41, 5.74) is 17.3. The quantitative estimate of drug-likeness (QED) is 0.429. The van der Waals surface area contributed by atoms with E-state index in [1.54, 1.807) is 0 Å². The summed E-state index contributed by atoms with van der Waals surface area (Å²) in [4.78, 5) is 25.2. The van der Waals surface area contributed by atoms with Crippen LogP contribution in [0.2, 0.25) is 0 Å². The van der Waals surface area contributed by atoms with E-state index in [0.29, 0.717) is 30.6 Å². The van der Waals surface area contributed by atoms with Crippen molar-refractivity contribution in [2.45, 2.75) is 57.7 Å². The maximum absolute atomic E-state index is 12.6. The third-order valence-corrected chi connectivity index (χ3v) is 6.57. The largest absolute Gasteiger partial charge is 0.352 e. The molecule has 0 aromatic heterocycles. The maximum atomic E-state index is 12.6. The van der Waals surface area contributed by atoms with Crippen LogP contribution in [0.15, 0.2) is 46.7 Å². The molecule has 180 valence electrons. The Morgan fingerprint density at radius 2 is 1.56 bits per heavy atom. The number of benzene rings is 2. The van der Waals surface area contributed by atoms with Crippen molar-refractivity contribution < 1.29 is 9.59 Å². The van der Waals surface area contributed by atoms with Gasteiger partial charge in [-0.05, 0) is 86.6 Å². The molecule has 2 amide bonds. The first-order valence-corrected chi connectivity index (χ1v) is 11.9. The molecule has 0 saturated carbocycles. The summed E-state index contributed by atoms with van der Waals surface area (Å²) in [7, 11) is 0. The van der Waals surface area contributed by atoms with Gasteiger partial charge in [0.1, 0.15) is 0 Å². The van der Waals surface area contributed by atoms with Gasteiger partial charge >= 0.3 is 0 Å². The number of nitrogens with zero attached hydrogens (tertiary/aromatic N) is 2. The number of hydrazine groups is 1. The lowest BCUT2D eigenvalue weighted by Crippen LogP contribution is -2.51. The molecule has 9 nitrogen and oxygen atoms in total. The zero-order valence-corrected chi connectivity index (χ0v) is 19.9. The number of hydrogen-bond donors (Lipinski definition) is 5. The molecule has 1 heterocycles. The second-order valence-corrected chi connectivity index (χ2v) is 8.99. The van der Waals surface area contributed by atoms with E-state index in [1.807, 2.05) is 57.2 Å². The Morgan fingerprint density at radius 1 is 1.03 bits per heavy atom. The number of carbonyl (C=O) groups excluding carboxylic acids is 2. The Morgan fingerprint density at radius 3 is 1.97 bits per heavy atom. The van der Waals surface area contributed by atoms with Crippen LogP contribution in [0.3, 0.4) is 0 Å². The van der Waals surface area contributed by atoms with Gasteiger partial charge in [-0.2, -0.15) is 5.43 Å². The summed E-state index contributed by atoms with van der Waals surface area (Å²) in [6, 6.07) is 11.6. The lowest BCUT2D eigenvalue weighted by Gasteiger charge is -2.40. The molecule has 1 aliphatic carbocycles. The summed E-state index contributed by atoms with van der Waals surface area (Å²) >= 11 is 0. The summed E-state index contributed by atoms with van der Waals surface area (Å²) in [5, 5.41) is 14.3. The molecule has 2 aliphatic rings. The van der Waals surface area contributed by atoms with E-state index in [4.69, 9.17) is 5.73 Å². The topological polar surface area (TPSA) is 133 Å². The second-order valence-electron chi connectivity index (χ2n) is 8.99. The molecule has 0 spiro atoms. The minimum Gasteiger partial charge on any atom is -0.352 e. The van der Waals surface area contributed by atoms with Crippen molar-refractivity contribution in [1.82, 2.24) is 21.6 Å². The highest BCUT2D eigenvalue weighted by Gasteiger charge is 2.48. The van der Waals surface area contributed by atoms with Crippen LogP contribution in [0.5, 0.6) is 0 Å². The standard InChI is InChI=1S/C25H33N7O2/c1-4-27-22(33)18-8-10-20-16(12-18)6-7-17-13-19(23(34)28-5-2)9-11-21(17)25(20,14-15(3)26)24-29-31-32-30-24/h8-13,15,24H,4-7,14,26H2,1-3H3,(H,27,33)(H,28,34)(H,29,32)(H,30,31)/t15-/m0/s1. The van der Waals surface area contributed by atoms with Crippen molar-refractivity contribution in [2.75, 3.05) is 13.1 Å². The average molecular weight is 464 g/mol. The zero-order chi connectivity index (χ0) is 24.3. The molecule has 1 aliphatic heterocycles. The Bertz CT molecular complexity index is 1040. The Kier molecular flexibility index (Phi) is 6.95. The van der Waals surface area contributed by atoms with Gasteiger partial charge in [-0.25, -0.2) is 5.53 Å². The van der Waals surface area contributed by atoms with E-state index in [-0.39, 0.29) is 17.9 Å². The predicted molar refractivity (Wildman–Crippen MR) is 130 cm³/mol. The van der Waals surface area contributed by atoms with Crippen LogP contribution in [-0.2, 0) is 18.3 Å². The SMILES string of the molecule is CCNC(=O)c1ccc2c(c1)CCc1cc(C(=O)NCC)ccc1C2(C[C@H](C)N)C1N=NNN1. The monoisotopic (exact) mass is 463 g/mol. The van der Waals surface area contributed by atoms with Gasteiger partial charge in [-0.3, -0.25) is 9.59 Å². The molecular formula is C25H33N7O2. The van der Waals surface area contributed by atoms with Crippen LogP contribution in [0, 0.1) is 0 Å². The number of hydrogen-bond acceptors (Lipinski definition) is 7. The summed E-state index contributed by atoms with van der Waals surface area (Å²) < 4.78 is 0. The summed E-state index contributed by atoms with van der Waals surface area (Å²) in [6.45, 7) is 6.92. The average Bonchev–Trinajstić information content (AvgIpc) is 3.33. The number of aryl methyl sites for hydroxylation is 2. The molecule has 2 aromatic rings. The molecule has 2 aromatic carbocycles. The molecule has 0 fully saturated rings. The van der Waals surface area contributed by atoms with Crippen LogP contribution in [0.25, 0.3) is 0 Å². The van der Waals surface area contributed by atoms with Crippen molar-refractivity contribution in [2.24, 2.45) is 16.1 Å². The molecule has 6 N–H and O–H groups in total. The number of carbonyl (C=O) groups is 2. The van der Waals surface area contributed by atoms with Gasteiger partial charge in [-0.1, -0.05) is 17.4 Å². The van der Waals surface area contributed by atoms with Crippen molar-refractivity contribution in [3.63, 3.8) is 0 Å². The van der Waals surface area contributed by atoms with E-state index in [1.165, 1.54) is 0 Å². The highest BCUT2D eigenvalue weighted by molar-refractivity contribution is 5.95. The zero-order valence-electron chi connectivity index (χ0n) is 19.9. The first kappa shape index (κ1) is 23.8. The smallest absolute Gasteiger partial charge is 0.251 e. The van der Waals surface area contributed by atoms with Crippen LogP contribution in [0.1, 0.15) is 70.2 Å². The Hall–Kier alpha value is -3.30. The summed E-state index contributed by atoms with van der Waals surface area (Å²) in [5.74, 6) is -0.188. The van der Waals surface area contributed by atoms with Gasteiger partial charge in [0.25, 0.3) is 11.8 Å². The first-order chi connectivity index (χ1) is 16.4. The summed E-state index contributed by atoms with van der Waals surface area (Å²) in [6.07, 6.45) is 1.66. The number of nitrogens with two attached hydrogens (primary N) is 1. The maximum Gasteiger partial charge on any atom is 0.251 e. The minimum absolute atomic E-state index is 0.0938. The highest BCUT2D eigenvalue weighted by Crippen LogP contribution is 2.46. The fourth-order valence-electron chi connectivity index (χ4n) is 5.25. The van der Waals surface area contributed by atoms with Crippen molar-refractivity contribution in [3.05, 3.63) is 69.8 Å². The lowest BCUT2D eigenvalue weighted by molar-refractivity contribution is 0.0947. The van der Waals surface area contributed by atoms with E-state index < -0.39 is 11.6 Å². The Labute approximate surface area is 199 Å². The van der Waals surface area contributed by atoms with E-state index in [0.717, 1.165) is 35.1 Å². The molecule has 2 atom stereocenters. The molecule has 0 radical (unpaired) electrons. The van der Waals surface area contributed by atoms with Crippen molar-refractivity contribution in [1.29, 1.82) is 0 Å². The second kappa shape index (κ2) is 9.90. The van der Waals surface area contributed by atoms with Crippen LogP contribution < -0.4 is 27.3 Å². The van der Waals surface area contributed by atoms with E-state index >= 15 is 0 Å². The normalized spacial score (nSPS) is 18.8. The molecular weight excluding hydrogens is 430 g/mol. The van der Waals surface area contributed by atoms with Crippen LogP contribution in [0.4, 0.5) is 0 Å². The molecule has 4 rings (SSSR count). The minimum atomic E-state index is -0.637. The van der Waals surface area contributed by atoms with Crippen molar-refractivity contribution >= 4 is 11.8 Å². The van der Waals surface area contributed by atoms with Gasteiger partial charge in [-0.15, -0.1) is 5.11 Å². The van der Waals surface area contributed by atoms with Gasteiger partial charge < -0.3 is 16.4 Å². The number of nitrogens with one attached hydrogen (secondary N) is 4. The highest BCUT2D eigenvalue weighted by atomic mass is 16.2. The number of amides is 2. The first-order valence-electron chi connectivity index (χ1n) is 11.9. The van der Waals surface area contributed by atoms with Gasteiger partial charge in [0.2, 0.25) is 0 Å². The number of rotatable bonds is 7. The van der Waals surface area contributed by atoms with Gasteiger partial charge in [0.05, 0.1) is 5.41 Å². The van der Waals surface area contributed by atoms with Crippen molar-refractivity contribution in [3.8, 4) is 0 Å². The molecule has 1 unspecified atom stereocenters. The van der Waals surface area contributed by atoms with Crippen LogP contribution in [-0.4, -0.2) is 37.1 Å². The Balaban J connectivity index is 1.93. The fourth-order valence-corrected chi connectivity index (χ4v) is 5.25. The predicted octanol–water partition coefficient (Wildman–Crippen LogP) is 2.11. The van der Waals surface area contributed by atoms with E-state index in [2.05, 4.69) is 31.9 Å². The molecule has 9 heteroatoms. The molecule has 0 bridgehead atoms. The molecule has 0 saturated heterocycles. The third kappa shape index (κ3) is 4.28.